The summed E-state index contributed by atoms with van der Waals surface area (Å²) in [4.78, 5) is 0. The maximum atomic E-state index is 6.05. The Labute approximate surface area is 165 Å². The smallest absolute Gasteiger partial charge is 0.0426 e. The highest BCUT2D eigenvalue weighted by Crippen LogP contribution is 2.30. The third-order valence-corrected chi connectivity index (χ3v) is 5.36. The van der Waals surface area contributed by atoms with Crippen molar-refractivity contribution in [2.45, 2.75) is 59.3 Å². The van der Waals surface area contributed by atoms with Crippen LogP contribution in [0.2, 0.25) is 5.02 Å². The molecule has 2 heteroatoms. The van der Waals surface area contributed by atoms with E-state index in [1.165, 1.54) is 24.0 Å². The highest BCUT2D eigenvalue weighted by atomic mass is 35.5. The first-order valence-corrected chi connectivity index (χ1v) is 10.2. The van der Waals surface area contributed by atoms with Crippen LogP contribution in [-0.4, -0.2) is 6.54 Å². The van der Waals surface area contributed by atoms with Crippen LogP contribution in [-0.2, 0) is 11.8 Å². The van der Waals surface area contributed by atoms with Gasteiger partial charge in [-0.15, -0.1) is 0 Å². The molecule has 2 rings (SSSR count). The minimum Gasteiger partial charge on any atom is -0.385 e. The lowest BCUT2D eigenvalue weighted by Gasteiger charge is -2.27. The van der Waals surface area contributed by atoms with E-state index >= 15 is 0 Å². The van der Waals surface area contributed by atoms with Crippen molar-refractivity contribution in [1.82, 2.24) is 0 Å². The van der Waals surface area contributed by atoms with Gasteiger partial charge in [0.05, 0.1) is 0 Å². The summed E-state index contributed by atoms with van der Waals surface area (Å²) >= 11 is 6.05. The Bertz CT molecular complexity index is 673. The molecule has 0 heterocycles. The summed E-state index contributed by atoms with van der Waals surface area (Å²) in [7, 11) is 0. The standard InChI is InChI=1S/C24H34ClN/c1-18(2)15-20-9-11-21(12-10-20)24(4,5)14-13-19(3)17-26-23-8-6-7-22(25)16-23/h6-12,16,18-19,26H,13-15,17H2,1-5H3. The van der Waals surface area contributed by atoms with Crippen molar-refractivity contribution in [2.24, 2.45) is 11.8 Å². The third kappa shape index (κ3) is 6.68. The molecule has 1 atom stereocenters. The van der Waals surface area contributed by atoms with Crippen molar-refractivity contribution in [3.63, 3.8) is 0 Å². The van der Waals surface area contributed by atoms with Crippen molar-refractivity contribution in [2.75, 3.05) is 11.9 Å². The monoisotopic (exact) mass is 371 g/mol. The molecular formula is C24H34ClN. The van der Waals surface area contributed by atoms with Gasteiger partial charge in [-0.2, -0.15) is 0 Å². The van der Waals surface area contributed by atoms with Crippen LogP contribution in [0.5, 0.6) is 0 Å². The first-order valence-electron chi connectivity index (χ1n) is 9.85. The van der Waals surface area contributed by atoms with Crippen LogP contribution < -0.4 is 5.32 Å². The van der Waals surface area contributed by atoms with E-state index < -0.39 is 0 Å². The van der Waals surface area contributed by atoms with Crippen LogP contribution in [0.4, 0.5) is 5.69 Å². The largest absolute Gasteiger partial charge is 0.385 e. The van der Waals surface area contributed by atoms with Crippen molar-refractivity contribution in [3.05, 3.63) is 64.7 Å². The quantitative estimate of drug-likeness (QED) is 0.486. The lowest BCUT2D eigenvalue weighted by atomic mass is 9.78. The summed E-state index contributed by atoms with van der Waals surface area (Å²) in [5.41, 5.74) is 4.20. The molecule has 1 unspecified atom stereocenters. The third-order valence-electron chi connectivity index (χ3n) is 5.12. The second-order valence-electron chi connectivity index (χ2n) is 8.71. The lowest BCUT2D eigenvalue weighted by molar-refractivity contribution is 0.408. The van der Waals surface area contributed by atoms with E-state index in [2.05, 4.69) is 70.3 Å². The highest BCUT2D eigenvalue weighted by Gasteiger charge is 2.21. The van der Waals surface area contributed by atoms with Crippen LogP contribution in [0.3, 0.4) is 0 Å². The number of rotatable bonds is 9. The Balaban J connectivity index is 1.84. The van der Waals surface area contributed by atoms with Crippen LogP contribution in [0.15, 0.2) is 48.5 Å². The second kappa shape index (κ2) is 9.46. The van der Waals surface area contributed by atoms with Gasteiger partial charge in [0.1, 0.15) is 0 Å². The van der Waals surface area contributed by atoms with E-state index in [4.69, 9.17) is 11.6 Å². The maximum Gasteiger partial charge on any atom is 0.0426 e. The average molecular weight is 372 g/mol. The van der Waals surface area contributed by atoms with E-state index in [9.17, 15) is 0 Å². The number of benzene rings is 2. The molecule has 0 radical (unpaired) electrons. The van der Waals surface area contributed by atoms with Crippen molar-refractivity contribution < 1.29 is 0 Å². The zero-order chi connectivity index (χ0) is 19.2. The molecule has 1 nitrogen and oxygen atoms in total. The van der Waals surface area contributed by atoms with Crippen molar-refractivity contribution >= 4 is 17.3 Å². The van der Waals surface area contributed by atoms with Crippen molar-refractivity contribution in [3.8, 4) is 0 Å². The molecule has 0 spiro atoms. The van der Waals surface area contributed by atoms with Crippen LogP contribution in [0, 0.1) is 11.8 Å². The average Bonchev–Trinajstić information content (AvgIpc) is 2.58. The minimum absolute atomic E-state index is 0.209. The molecule has 2 aromatic carbocycles. The Morgan fingerprint density at radius 2 is 1.69 bits per heavy atom. The molecule has 0 aliphatic heterocycles. The predicted octanol–water partition coefficient (Wildman–Crippen LogP) is 7.34. The Kier molecular flexibility index (Phi) is 7.58. The highest BCUT2D eigenvalue weighted by molar-refractivity contribution is 6.30. The molecule has 0 saturated heterocycles. The fourth-order valence-electron chi connectivity index (χ4n) is 3.31. The number of hydrogen-bond donors (Lipinski definition) is 1. The van der Waals surface area contributed by atoms with Gasteiger partial charge in [0.2, 0.25) is 0 Å². The van der Waals surface area contributed by atoms with E-state index in [1.807, 2.05) is 18.2 Å². The molecule has 0 aliphatic rings. The zero-order valence-corrected chi connectivity index (χ0v) is 17.7. The Hall–Kier alpha value is -1.47. The van der Waals surface area contributed by atoms with Crippen molar-refractivity contribution in [1.29, 1.82) is 0 Å². The second-order valence-corrected chi connectivity index (χ2v) is 9.15. The fourth-order valence-corrected chi connectivity index (χ4v) is 3.50. The SMILES string of the molecule is CC(C)Cc1ccc(C(C)(C)CCC(C)CNc2cccc(Cl)c2)cc1. The maximum absolute atomic E-state index is 6.05. The summed E-state index contributed by atoms with van der Waals surface area (Å²) < 4.78 is 0. The van der Waals surface area contributed by atoms with Crippen LogP contribution in [0.25, 0.3) is 0 Å². The summed E-state index contributed by atoms with van der Waals surface area (Å²) in [6, 6.07) is 17.2. The van der Waals surface area contributed by atoms with Gasteiger partial charge in [0, 0.05) is 17.3 Å². The lowest BCUT2D eigenvalue weighted by Crippen LogP contribution is -2.20. The molecular weight excluding hydrogens is 338 g/mol. The van der Waals surface area contributed by atoms with Crippen LogP contribution >= 0.6 is 11.6 Å². The molecule has 0 aromatic heterocycles. The molecule has 1 N–H and O–H groups in total. The van der Waals surface area contributed by atoms with Gasteiger partial charge in [-0.05, 0) is 65.8 Å². The topological polar surface area (TPSA) is 12.0 Å². The summed E-state index contributed by atoms with van der Waals surface area (Å²) in [5, 5.41) is 4.28. The normalized spacial score (nSPS) is 13.0. The van der Waals surface area contributed by atoms with Gasteiger partial charge < -0.3 is 5.32 Å². The Morgan fingerprint density at radius 3 is 2.31 bits per heavy atom. The summed E-state index contributed by atoms with van der Waals surface area (Å²) in [6.45, 7) is 12.6. The first kappa shape index (κ1) is 20.8. The molecule has 142 valence electrons. The zero-order valence-electron chi connectivity index (χ0n) is 17.0. The number of anilines is 1. The van der Waals surface area contributed by atoms with E-state index in [1.54, 1.807) is 0 Å². The molecule has 0 amide bonds. The Morgan fingerprint density at radius 1 is 1.00 bits per heavy atom. The van der Waals surface area contributed by atoms with Crippen LogP contribution in [0.1, 0.15) is 58.6 Å². The van der Waals surface area contributed by atoms with E-state index in [0.29, 0.717) is 11.8 Å². The number of halogens is 1. The molecule has 0 fully saturated rings. The number of nitrogens with one attached hydrogen (secondary N) is 1. The van der Waals surface area contributed by atoms with Gasteiger partial charge in [0.15, 0.2) is 0 Å². The van der Waals surface area contributed by atoms with Gasteiger partial charge >= 0.3 is 0 Å². The summed E-state index contributed by atoms with van der Waals surface area (Å²) in [5.74, 6) is 1.33. The van der Waals surface area contributed by atoms with E-state index in [0.717, 1.165) is 23.7 Å². The first-order chi connectivity index (χ1) is 12.3. The molecule has 2 aromatic rings. The molecule has 26 heavy (non-hydrogen) atoms. The minimum atomic E-state index is 0.209. The van der Waals surface area contributed by atoms with Gasteiger partial charge in [-0.25, -0.2) is 0 Å². The van der Waals surface area contributed by atoms with E-state index in [-0.39, 0.29) is 5.41 Å². The van der Waals surface area contributed by atoms with Gasteiger partial charge in [0.25, 0.3) is 0 Å². The molecule has 0 aliphatic carbocycles. The molecule has 0 saturated carbocycles. The molecule has 0 bridgehead atoms. The summed E-state index contributed by atoms with van der Waals surface area (Å²) in [6.07, 6.45) is 3.55. The fraction of sp³-hybridized carbons (Fsp3) is 0.500. The number of hydrogen-bond acceptors (Lipinski definition) is 1. The van der Waals surface area contributed by atoms with Gasteiger partial charge in [-0.1, -0.05) is 76.6 Å². The van der Waals surface area contributed by atoms with Gasteiger partial charge in [-0.3, -0.25) is 0 Å². The predicted molar refractivity (Wildman–Crippen MR) is 116 cm³/mol.